The van der Waals surface area contributed by atoms with Gasteiger partial charge in [0.15, 0.2) is 0 Å². The van der Waals surface area contributed by atoms with Crippen LogP contribution >= 0.6 is 0 Å². The highest BCUT2D eigenvalue weighted by Crippen LogP contribution is 2.66. The molecule has 4 aliphatic rings. The molecule has 4 aliphatic carbocycles. The Bertz CT molecular complexity index is 817. The summed E-state index contributed by atoms with van der Waals surface area (Å²) in [6.45, 7) is 8.89. The van der Waals surface area contributed by atoms with E-state index >= 15 is 0 Å². The minimum atomic E-state index is -0.566. The second-order valence-corrected chi connectivity index (χ2v) is 10.9. The lowest BCUT2D eigenvalue weighted by molar-refractivity contribution is -0.177. The van der Waals surface area contributed by atoms with E-state index in [0.29, 0.717) is 12.8 Å². The molecule has 0 aromatic carbocycles. The zero-order chi connectivity index (χ0) is 22.7. The number of aliphatic hydroxyl groups is 1. The average Bonchev–Trinajstić information content (AvgIpc) is 2.98. The molecule has 4 rings (SSSR count). The Morgan fingerprint density at radius 1 is 1.03 bits per heavy atom. The fourth-order valence-electron chi connectivity index (χ4n) is 8.01. The second-order valence-electron chi connectivity index (χ2n) is 10.9. The molecule has 6 heteroatoms. The van der Waals surface area contributed by atoms with Gasteiger partial charge in [-0.05, 0) is 61.9 Å². The van der Waals surface area contributed by atoms with Gasteiger partial charge in [-0.3, -0.25) is 14.4 Å². The van der Waals surface area contributed by atoms with Crippen LogP contribution in [0.15, 0.2) is 11.6 Å². The number of esters is 2. The predicted octanol–water partition coefficient (Wildman–Crippen LogP) is 3.60. The van der Waals surface area contributed by atoms with Gasteiger partial charge in [0.2, 0.25) is 0 Å². The van der Waals surface area contributed by atoms with E-state index in [2.05, 4.69) is 19.9 Å². The van der Waals surface area contributed by atoms with Gasteiger partial charge >= 0.3 is 11.9 Å². The summed E-state index contributed by atoms with van der Waals surface area (Å²) in [6.07, 6.45) is 5.47. The first-order valence-corrected chi connectivity index (χ1v) is 11.7. The van der Waals surface area contributed by atoms with Crippen molar-refractivity contribution in [1.82, 2.24) is 0 Å². The molecule has 0 unspecified atom stereocenters. The number of carbonyl (C=O) groups excluding carboxylic acids is 3. The largest absolute Gasteiger partial charge is 0.462 e. The van der Waals surface area contributed by atoms with E-state index in [-0.39, 0.29) is 58.3 Å². The van der Waals surface area contributed by atoms with Gasteiger partial charge < -0.3 is 14.6 Å². The van der Waals surface area contributed by atoms with Gasteiger partial charge in [-0.1, -0.05) is 19.4 Å². The summed E-state index contributed by atoms with van der Waals surface area (Å²) < 4.78 is 11.4. The molecule has 31 heavy (non-hydrogen) atoms. The number of ether oxygens (including phenoxy) is 2. The third-order valence-corrected chi connectivity index (χ3v) is 9.12. The molecule has 0 spiro atoms. The maximum absolute atomic E-state index is 12.4. The molecule has 0 bridgehead atoms. The van der Waals surface area contributed by atoms with Crippen LogP contribution in [-0.2, 0) is 23.9 Å². The Hall–Kier alpha value is -1.69. The number of fused-ring (bicyclic) bond motifs is 5. The van der Waals surface area contributed by atoms with E-state index in [1.54, 1.807) is 6.92 Å². The van der Waals surface area contributed by atoms with Crippen LogP contribution in [-0.4, -0.2) is 41.1 Å². The molecule has 0 heterocycles. The van der Waals surface area contributed by atoms with Crippen molar-refractivity contribution in [2.45, 2.75) is 91.5 Å². The summed E-state index contributed by atoms with van der Waals surface area (Å²) in [4.78, 5) is 36.0. The maximum Gasteiger partial charge on any atom is 0.303 e. The number of Topliss-reactive ketones (excluding diaryl/α,β-unsaturated/α-hetero) is 1. The molecule has 6 nitrogen and oxygen atoms in total. The summed E-state index contributed by atoms with van der Waals surface area (Å²) in [5.41, 5.74) is 0.621. The van der Waals surface area contributed by atoms with Crippen LogP contribution in [0.25, 0.3) is 0 Å². The third-order valence-electron chi connectivity index (χ3n) is 9.12. The van der Waals surface area contributed by atoms with Crippen molar-refractivity contribution in [2.75, 3.05) is 0 Å². The molecular formula is C25H36O6. The zero-order valence-electron chi connectivity index (χ0n) is 19.3. The van der Waals surface area contributed by atoms with Crippen molar-refractivity contribution in [3.8, 4) is 0 Å². The second kappa shape index (κ2) is 7.72. The summed E-state index contributed by atoms with van der Waals surface area (Å²) in [5.74, 6) is -0.308. The molecule has 0 amide bonds. The zero-order valence-corrected chi connectivity index (χ0v) is 19.3. The van der Waals surface area contributed by atoms with Crippen molar-refractivity contribution in [1.29, 1.82) is 0 Å². The van der Waals surface area contributed by atoms with Crippen LogP contribution in [0, 0.1) is 34.5 Å². The normalized spacial score (nSPS) is 46.1. The SMILES string of the molecule is CC(=O)O[C@H]1CC[C@@]2(C)C(=C[C@H](OC(C)=O)[C@@H]3[C@@H]2[C@H](O)C[C@]2(C)[C@@H](C(C)=O)CC[C@@H]32)C1. The Morgan fingerprint density at radius 2 is 1.71 bits per heavy atom. The number of carbonyl (C=O) groups is 3. The van der Waals surface area contributed by atoms with Crippen molar-refractivity contribution in [3.63, 3.8) is 0 Å². The van der Waals surface area contributed by atoms with Crippen LogP contribution in [0.4, 0.5) is 0 Å². The third kappa shape index (κ3) is 3.55. The topological polar surface area (TPSA) is 89.9 Å². The van der Waals surface area contributed by atoms with Crippen molar-refractivity contribution in [3.05, 3.63) is 11.6 Å². The van der Waals surface area contributed by atoms with Crippen LogP contribution in [0.3, 0.4) is 0 Å². The summed E-state index contributed by atoms with van der Waals surface area (Å²) in [7, 11) is 0. The Morgan fingerprint density at radius 3 is 2.32 bits per heavy atom. The molecule has 9 atom stereocenters. The fourth-order valence-corrected chi connectivity index (χ4v) is 8.01. The quantitative estimate of drug-likeness (QED) is 0.541. The van der Waals surface area contributed by atoms with Crippen LogP contribution in [0.2, 0.25) is 0 Å². The van der Waals surface area contributed by atoms with Crippen LogP contribution in [0.1, 0.15) is 73.1 Å². The Labute approximate surface area is 184 Å². The lowest BCUT2D eigenvalue weighted by Gasteiger charge is -2.60. The number of aliphatic hydroxyl groups excluding tert-OH is 1. The van der Waals surface area contributed by atoms with E-state index < -0.39 is 12.2 Å². The molecule has 1 N–H and O–H groups in total. The molecule has 0 aromatic rings. The average molecular weight is 433 g/mol. The van der Waals surface area contributed by atoms with Crippen molar-refractivity contribution in [2.24, 2.45) is 34.5 Å². The van der Waals surface area contributed by atoms with Gasteiger partial charge in [-0.25, -0.2) is 0 Å². The Kier molecular flexibility index (Phi) is 5.60. The van der Waals surface area contributed by atoms with E-state index in [9.17, 15) is 19.5 Å². The van der Waals surface area contributed by atoms with Gasteiger partial charge in [0.1, 0.15) is 18.0 Å². The highest BCUT2D eigenvalue weighted by molar-refractivity contribution is 5.79. The molecule has 0 aromatic heterocycles. The molecule has 0 radical (unpaired) electrons. The fraction of sp³-hybridized carbons (Fsp3) is 0.800. The molecule has 3 fully saturated rings. The van der Waals surface area contributed by atoms with Gasteiger partial charge in [-0.15, -0.1) is 0 Å². The highest BCUT2D eigenvalue weighted by Gasteiger charge is 2.65. The molecule has 172 valence electrons. The molecule has 0 saturated heterocycles. The first-order chi connectivity index (χ1) is 14.5. The smallest absolute Gasteiger partial charge is 0.303 e. The number of rotatable bonds is 3. The van der Waals surface area contributed by atoms with Gasteiger partial charge in [0.05, 0.1) is 6.10 Å². The first kappa shape index (κ1) is 22.5. The lowest BCUT2D eigenvalue weighted by Crippen LogP contribution is -2.60. The minimum Gasteiger partial charge on any atom is -0.462 e. The summed E-state index contributed by atoms with van der Waals surface area (Å²) >= 11 is 0. The maximum atomic E-state index is 12.4. The van der Waals surface area contributed by atoms with E-state index in [0.717, 1.165) is 31.3 Å². The predicted molar refractivity (Wildman–Crippen MR) is 114 cm³/mol. The number of ketones is 1. The minimum absolute atomic E-state index is 0.0129. The lowest BCUT2D eigenvalue weighted by atomic mass is 9.45. The van der Waals surface area contributed by atoms with Gasteiger partial charge in [-0.2, -0.15) is 0 Å². The number of hydrogen-bond acceptors (Lipinski definition) is 6. The van der Waals surface area contributed by atoms with E-state index in [1.165, 1.54) is 13.8 Å². The standard InChI is InChI=1S/C25H36O6/c1-13(26)18-6-7-19-22-21(31-15(3)28)11-16-10-17(30-14(2)27)8-9-24(16,4)23(22)20(29)12-25(18,19)5/h11,17-23,29H,6-10,12H2,1-5H3/t17-,18+,19-,20+,21-,22+,23-,24-,25+/m0/s1. The summed E-state index contributed by atoms with van der Waals surface area (Å²) in [5, 5.41) is 11.5. The molecular weight excluding hydrogens is 396 g/mol. The monoisotopic (exact) mass is 432 g/mol. The van der Waals surface area contributed by atoms with Gasteiger partial charge in [0.25, 0.3) is 0 Å². The van der Waals surface area contributed by atoms with Crippen molar-refractivity contribution < 1.29 is 29.0 Å². The molecule has 3 saturated carbocycles. The van der Waals surface area contributed by atoms with Crippen LogP contribution in [0.5, 0.6) is 0 Å². The number of hydrogen-bond donors (Lipinski definition) is 1. The van der Waals surface area contributed by atoms with E-state index in [1.807, 2.05) is 0 Å². The Balaban J connectivity index is 1.76. The van der Waals surface area contributed by atoms with Crippen LogP contribution < -0.4 is 0 Å². The highest BCUT2D eigenvalue weighted by atomic mass is 16.5. The van der Waals surface area contributed by atoms with Gasteiger partial charge in [0, 0.05) is 38.0 Å². The summed E-state index contributed by atoms with van der Waals surface area (Å²) in [6, 6.07) is 0. The van der Waals surface area contributed by atoms with E-state index in [4.69, 9.17) is 9.47 Å². The first-order valence-electron chi connectivity index (χ1n) is 11.7. The molecule has 0 aliphatic heterocycles. The van der Waals surface area contributed by atoms with Crippen molar-refractivity contribution >= 4 is 17.7 Å².